The van der Waals surface area contributed by atoms with Gasteiger partial charge in [0.1, 0.15) is 12.5 Å². The molecule has 0 aliphatic heterocycles. The van der Waals surface area contributed by atoms with Crippen LogP contribution < -0.4 is 5.32 Å². The average molecular weight is 535 g/mol. The average Bonchev–Trinajstić information content (AvgIpc) is 3.41. The Bertz CT molecular complexity index is 1340. The van der Waals surface area contributed by atoms with Gasteiger partial charge in [0.15, 0.2) is 5.69 Å². The standard InChI is InChI=1S/C22H22BrClFN7O/c1-12-20(23)14(3)32(27-12)11-30-9-8-19(29-30)22(33)26-21-13(2)28-31(15(21)4)10-16-17(24)6-5-7-18(16)25/h5-9H,10-11H2,1-4H3,(H,26,33). The van der Waals surface area contributed by atoms with E-state index in [0.717, 1.165) is 15.9 Å². The number of aromatic nitrogens is 6. The summed E-state index contributed by atoms with van der Waals surface area (Å²) in [7, 11) is 0. The van der Waals surface area contributed by atoms with Crippen molar-refractivity contribution in [2.24, 2.45) is 0 Å². The summed E-state index contributed by atoms with van der Waals surface area (Å²) in [5, 5.41) is 16.5. The van der Waals surface area contributed by atoms with Crippen LogP contribution in [0.4, 0.5) is 10.1 Å². The molecule has 1 N–H and O–H groups in total. The Morgan fingerprint density at radius 2 is 1.79 bits per heavy atom. The summed E-state index contributed by atoms with van der Waals surface area (Å²) in [4.78, 5) is 12.9. The molecule has 3 aromatic heterocycles. The molecule has 172 valence electrons. The van der Waals surface area contributed by atoms with E-state index < -0.39 is 5.82 Å². The van der Waals surface area contributed by atoms with Crippen LogP contribution in [0.3, 0.4) is 0 Å². The highest BCUT2D eigenvalue weighted by Crippen LogP contribution is 2.25. The van der Waals surface area contributed by atoms with Gasteiger partial charge in [0.25, 0.3) is 5.91 Å². The summed E-state index contributed by atoms with van der Waals surface area (Å²) in [5.74, 6) is -0.765. The molecule has 0 aliphatic carbocycles. The highest BCUT2D eigenvalue weighted by molar-refractivity contribution is 9.10. The molecular weight excluding hydrogens is 513 g/mol. The molecule has 0 saturated carbocycles. The molecule has 0 unspecified atom stereocenters. The number of carbonyl (C=O) groups excluding carboxylic acids is 1. The Hall–Kier alpha value is -2.98. The van der Waals surface area contributed by atoms with Crippen molar-refractivity contribution in [1.82, 2.24) is 29.3 Å². The number of halogens is 3. The predicted molar refractivity (Wildman–Crippen MR) is 127 cm³/mol. The van der Waals surface area contributed by atoms with Crippen LogP contribution in [0.5, 0.6) is 0 Å². The van der Waals surface area contributed by atoms with E-state index in [1.54, 1.807) is 45.4 Å². The first-order chi connectivity index (χ1) is 15.7. The van der Waals surface area contributed by atoms with Crippen LogP contribution in [-0.4, -0.2) is 35.2 Å². The van der Waals surface area contributed by atoms with Gasteiger partial charge in [-0.25, -0.2) is 9.07 Å². The molecule has 11 heteroatoms. The van der Waals surface area contributed by atoms with Crippen molar-refractivity contribution >= 4 is 39.1 Å². The lowest BCUT2D eigenvalue weighted by Gasteiger charge is -2.09. The van der Waals surface area contributed by atoms with Crippen molar-refractivity contribution < 1.29 is 9.18 Å². The molecule has 0 radical (unpaired) electrons. The third-order valence-electron chi connectivity index (χ3n) is 5.43. The summed E-state index contributed by atoms with van der Waals surface area (Å²) in [6.45, 7) is 8.00. The van der Waals surface area contributed by atoms with Crippen LogP contribution >= 0.6 is 27.5 Å². The van der Waals surface area contributed by atoms with E-state index in [0.29, 0.717) is 34.3 Å². The first-order valence-corrected chi connectivity index (χ1v) is 11.3. The molecule has 1 amide bonds. The van der Waals surface area contributed by atoms with Crippen molar-refractivity contribution in [3.63, 3.8) is 0 Å². The Balaban J connectivity index is 1.51. The van der Waals surface area contributed by atoms with Crippen LogP contribution in [0.15, 0.2) is 34.9 Å². The van der Waals surface area contributed by atoms with E-state index >= 15 is 0 Å². The molecule has 0 aliphatic rings. The Labute approximate surface area is 203 Å². The van der Waals surface area contributed by atoms with Gasteiger partial charge in [-0.3, -0.25) is 14.2 Å². The molecular formula is C22H22BrClFN7O. The highest BCUT2D eigenvalue weighted by atomic mass is 79.9. The molecule has 0 saturated heterocycles. The Morgan fingerprint density at radius 3 is 2.45 bits per heavy atom. The SMILES string of the molecule is Cc1nn(Cn2ccc(C(=O)Nc3c(C)nn(Cc4c(F)cccc4Cl)c3C)n2)c(C)c1Br. The number of rotatable bonds is 6. The molecule has 0 bridgehead atoms. The number of amides is 1. The van der Waals surface area contributed by atoms with Crippen LogP contribution in [0.2, 0.25) is 5.02 Å². The fraction of sp³-hybridized carbons (Fsp3) is 0.273. The van der Waals surface area contributed by atoms with Gasteiger partial charge in [-0.05, 0) is 61.8 Å². The van der Waals surface area contributed by atoms with E-state index in [1.165, 1.54) is 6.07 Å². The number of hydrogen-bond donors (Lipinski definition) is 1. The van der Waals surface area contributed by atoms with Crippen LogP contribution in [-0.2, 0) is 13.2 Å². The third-order valence-corrected chi connectivity index (χ3v) is 6.94. The minimum atomic E-state index is -0.402. The highest BCUT2D eigenvalue weighted by Gasteiger charge is 2.19. The molecule has 0 spiro atoms. The second-order valence-corrected chi connectivity index (χ2v) is 8.92. The summed E-state index contributed by atoms with van der Waals surface area (Å²) >= 11 is 9.66. The van der Waals surface area contributed by atoms with Crippen molar-refractivity contribution in [3.8, 4) is 0 Å². The van der Waals surface area contributed by atoms with E-state index in [4.69, 9.17) is 11.6 Å². The van der Waals surface area contributed by atoms with Gasteiger partial charge >= 0.3 is 0 Å². The van der Waals surface area contributed by atoms with Gasteiger partial charge < -0.3 is 5.32 Å². The maximum absolute atomic E-state index is 14.2. The zero-order chi connectivity index (χ0) is 23.9. The lowest BCUT2D eigenvalue weighted by molar-refractivity contribution is 0.102. The van der Waals surface area contributed by atoms with Crippen molar-refractivity contribution in [2.45, 2.75) is 40.9 Å². The Kier molecular flexibility index (Phi) is 6.40. The maximum Gasteiger partial charge on any atom is 0.276 e. The van der Waals surface area contributed by atoms with Gasteiger partial charge in [-0.15, -0.1) is 0 Å². The van der Waals surface area contributed by atoms with Gasteiger partial charge in [-0.2, -0.15) is 15.3 Å². The van der Waals surface area contributed by atoms with E-state index in [2.05, 4.69) is 36.5 Å². The topological polar surface area (TPSA) is 82.6 Å². The van der Waals surface area contributed by atoms with Gasteiger partial charge in [0.05, 0.1) is 39.5 Å². The minimum Gasteiger partial charge on any atom is -0.317 e. The summed E-state index contributed by atoms with van der Waals surface area (Å²) in [5.41, 5.74) is 4.33. The maximum atomic E-state index is 14.2. The molecule has 4 aromatic rings. The predicted octanol–water partition coefficient (Wildman–Crippen LogP) is 4.87. The van der Waals surface area contributed by atoms with E-state index in [9.17, 15) is 9.18 Å². The second-order valence-electron chi connectivity index (χ2n) is 7.72. The summed E-state index contributed by atoms with van der Waals surface area (Å²) < 4.78 is 20.2. The number of nitrogens with zero attached hydrogens (tertiary/aromatic N) is 6. The lowest BCUT2D eigenvalue weighted by atomic mass is 10.2. The number of benzene rings is 1. The van der Waals surface area contributed by atoms with Crippen molar-refractivity contribution in [2.75, 3.05) is 5.32 Å². The van der Waals surface area contributed by atoms with E-state index in [-0.39, 0.29) is 18.1 Å². The monoisotopic (exact) mass is 533 g/mol. The molecule has 1 aromatic carbocycles. The van der Waals surface area contributed by atoms with Gasteiger partial charge in [0, 0.05) is 16.8 Å². The molecule has 4 rings (SSSR count). The lowest BCUT2D eigenvalue weighted by Crippen LogP contribution is -2.16. The zero-order valence-electron chi connectivity index (χ0n) is 18.5. The number of aryl methyl sites for hydroxylation is 2. The molecule has 8 nitrogen and oxygen atoms in total. The number of anilines is 1. The molecule has 0 atom stereocenters. The third kappa shape index (κ3) is 4.58. The number of nitrogens with one attached hydrogen (secondary N) is 1. The second kappa shape index (κ2) is 9.11. The minimum absolute atomic E-state index is 0.154. The van der Waals surface area contributed by atoms with Crippen LogP contribution in [0.1, 0.15) is 38.8 Å². The summed E-state index contributed by atoms with van der Waals surface area (Å²) in [6.07, 6.45) is 1.72. The van der Waals surface area contributed by atoms with Crippen molar-refractivity contribution in [1.29, 1.82) is 0 Å². The fourth-order valence-corrected chi connectivity index (χ4v) is 4.06. The molecule has 0 fully saturated rings. The largest absolute Gasteiger partial charge is 0.317 e. The van der Waals surface area contributed by atoms with Crippen molar-refractivity contribution in [3.05, 3.63) is 79.8 Å². The van der Waals surface area contributed by atoms with Crippen LogP contribution in [0.25, 0.3) is 0 Å². The fourth-order valence-electron chi connectivity index (χ4n) is 3.55. The Morgan fingerprint density at radius 1 is 1.06 bits per heavy atom. The molecule has 3 heterocycles. The molecule has 33 heavy (non-hydrogen) atoms. The smallest absolute Gasteiger partial charge is 0.276 e. The number of hydrogen-bond acceptors (Lipinski definition) is 4. The normalized spacial score (nSPS) is 11.2. The van der Waals surface area contributed by atoms with Crippen LogP contribution in [0, 0.1) is 33.5 Å². The quantitative estimate of drug-likeness (QED) is 0.383. The first-order valence-electron chi connectivity index (χ1n) is 10.2. The summed E-state index contributed by atoms with van der Waals surface area (Å²) in [6, 6.07) is 6.19. The first kappa shape index (κ1) is 23.2. The zero-order valence-corrected chi connectivity index (χ0v) is 20.9. The van der Waals surface area contributed by atoms with Gasteiger partial charge in [-0.1, -0.05) is 17.7 Å². The van der Waals surface area contributed by atoms with Gasteiger partial charge in [0.2, 0.25) is 0 Å². The van der Waals surface area contributed by atoms with E-state index in [1.807, 2.05) is 20.8 Å². The number of carbonyl (C=O) groups is 1.